The lowest BCUT2D eigenvalue weighted by Gasteiger charge is -2.15. The molecule has 0 spiro atoms. The average Bonchev–Trinajstić information content (AvgIpc) is 2.41. The van der Waals surface area contributed by atoms with Crippen molar-refractivity contribution in [2.24, 2.45) is 0 Å². The number of amides is 1. The number of hydrogen-bond donors (Lipinski definition) is 2. The largest absolute Gasteiger partial charge is 0.489 e. The molecule has 5 nitrogen and oxygen atoms in total. The van der Waals surface area contributed by atoms with E-state index in [1.807, 2.05) is 32.0 Å². The third kappa shape index (κ3) is 3.26. The van der Waals surface area contributed by atoms with Gasteiger partial charge >= 0.3 is 0 Å². The summed E-state index contributed by atoms with van der Waals surface area (Å²) in [5.74, 6) is 0.341. The zero-order valence-electron chi connectivity index (χ0n) is 11.5. The van der Waals surface area contributed by atoms with Crippen molar-refractivity contribution in [2.75, 3.05) is 11.1 Å². The molecule has 1 amide bonds. The van der Waals surface area contributed by atoms with E-state index in [0.717, 1.165) is 0 Å². The second-order valence-electron chi connectivity index (χ2n) is 4.58. The van der Waals surface area contributed by atoms with E-state index < -0.39 is 0 Å². The third-order valence-corrected chi connectivity index (χ3v) is 2.59. The van der Waals surface area contributed by atoms with Gasteiger partial charge in [0.15, 0.2) is 0 Å². The number of hydrogen-bond acceptors (Lipinski definition) is 4. The Labute approximate surface area is 117 Å². The highest BCUT2D eigenvalue weighted by Crippen LogP contribution is 2.25. The number of rotatable bonds is 4. The lowest BCUT2D eigenvalue weighted by molar-refractivity contribution is 0.102. The van der Waals surface area contributed by atoms with Crippen LogP contribution in [0.25, 0.3) is 0 Å². The molecule has 0 aliphatic carbocycles. The first-order chi connectivity index (χ1) is 9.58. The van der Waals surface area contributed by atoms with Crippen LogP contribution >= 0.6 is 0 Å². The molecule has 0 saturated carbocycles. The van der Waals surface area contributed by atoms with Gasteiger partial charge in [-0.15, -0.1) is 0 Å². The van der Waals surface area contributed by atoms with Gasteiger partial charge in [0.05, 0.1) is 29.2 Å². The van der Waals surface area contributed by atoms with E-state index in [4.69, 9.17) is 10.5 Å². The number of aromatic nitrogens is 1. The van der Waals surface area contributed by atoms with Crippen molar-refractivity contribution in [2.45, 2.75) is 20.0 Å². The van der Waals surface area contributed by atoms with Gasteiger partial charge in [-0.3, -0.25) is 9.78 Å². The SMILES string of the molecule is CC(C)Oc1ccccc1NC(=O)c1ccncc1N. The summed E-state index contributed by atoms with van der Waals surface area (Å²) in [6, 6.07) is 8.86. The molecular formula is C15H17N3O2. The van der Waals surface area contributed by atoms with Crippen LogP contribution in [0.5, 0.6) is 5.75 Å². The predicted molar refractivity (Wildman–Crippen MR) is 78.8 cm³/mol. The number of carbonyl (C=O) groups is 1. The van der Waals surface area contributed by atoms with E-state index in [-0.39, 0.29) is 12.0 Å². The molecular weight excluding hydrogens is 254 g/mol. The third-order valence-electron chi connectivity index (χ3n) is 2.59. The number of anilines is 2. The summed E-state index contributed by atoms with van der Waals surface area (Å²) in [5, 5.41) is 2.80. The minimum absolute atomic E-state index is 0.0269. The fourth-order valence-electron chi connectivity index (χ4n) is 1.73. The van der Waals surface area contributed by atoms with Crippen molar-refractivity contribution in [1.29, 1.82) is 0 Å². The van der Waals surface area contributed by atoms with Crippen LogP contribution in [0.1, 0.15) is 24.2 Å². The summed E-state index contributed by atoms with van der Waals surface area (Å²) in [6.07, 6.45) is 3.01. The summed E-state index contributed by atoms with van der Waals surface area (Å²) in [6.45, 7) is 3.86. The molecule has 2 rings (SSSR count). The molecule has 0 saturated heterocycles. The topological polar surface area (TPSA) is 77.2 Å². The highest BCUT2D eigenvalue weighted by atomic mass is 16.5. The molecule has 0 radical (unpaired) electrons. The Morgan fingerprint density at radius 2 is 2.05 bits per heavy atom. The second kappa shape index (κ2) is 6.06. The van der Waals surface area contributed by atoms with E-state index in [1.54, 1.807) is 12.1 Å². The van der Waals surface area contributed by atoms with Crippen LogP contribution < -0.4 is 15.8 Å². The highest BCUT2D eigenvalue weighted by Gasteiger charge is 2.12. The Morgan fingerprint density at radius 3 is 2.75 bits per heavy atom. The van der Waals surface area contributed by atoms with Crippen molar-refractivity contribution in [3.8, 4) is 5.75 Å². The lowest BCUT2D eigenvalue weighted by Crippen LogP contribution is -2.16. The summed E-state index contributed by atoms with van der Waals surface area (Å²) >= 11 is 0. The van der Waals surface area contributed by atoms with Crippen LogP contribution in [-0.4, -0.2) is 17.0 Å². The number of nitrogens with zero attached hydrogens (tertiary/aromatic N) is 1. The molecule has 0 aliphatic rings. The minimum Gasteiger partial charge on any atom is -0.489 e. The fourth-order valence-corrected chi connectivity index (χ4v) is 1.73. The van der Waals surface area contributed by atoms with Crippen LogP contribution in [0.4, 0.5) is 11.4 Å². The molecule has 0 fully saturated rings. The van der Waals surface area contributed by atoms with Gasteiger partial charge in [-0.25, -0.2) is 0 Å². The molecule has 0 unspecified atom stereocenters. The first-order valence-electron chi connectivity index (χ1n) is 6.34. The number of nitrogens with two attached hydrogens (primary N) is 1. The zero-order valence-corrected chi connectivity index (χ0v) is 11.5. The van der Waals surface area contributed by atoms with Crippen LogP contribution in [0, 0.1) is 0 Å². The number of benzene rings is 1. The van der Waals surface area contributed by atoms with Crippen LogP contribution in [0.2, 0.25) is 0 Å². The van der Waals surface area contributed by atoms with E-state index in [2.05, 4.69) is 10.3 Å². The van der Waals surface area contributed by atoms with Gasteiger partial charge in [-0.05, 0) is 32.0 Å². The van der Waals surface area contributed by atoms with Gasteiger partial charge in [0.2, 0.25) is 0 Å². The highest BCUT2D eigenvalue weighted by molar-refractivity contribution is 6.08. The molecule has 5 heteroatoms. The molecule has 1 heterocycles. The minimum atomic E-state index is -0.287. The molecule has 20 heavy (non-hydrogen) atoms. The van der Waals surface area contributed by atoms with Crippen molar-refractivity contribution in [1.82, 2.24) is 4.98 Å². The molecule has 3 N–H and O–H groups in total. The van der Waals surface area contributed by atoms with Crippen LogP contribution in [0.15, 0.2) is 42.7 Å². The average molecular weight is 271 g/mol. The lowest BCUT2D eigenvalue weighted by atomic mass is 10.2. The Hall–Kier alpha value is -2.56. The number of ether oxygens (including phenoxy) is 1. The van der Waals surface area contributed by atoms with E-state index in [0.29, 0.717) is 22.7 Å². The first kappa shape index (κ1) is 13.9. The molecule has 0 bridgehead atoms. The zero-order chi connectivity index (χ0) is 14.5. The van der Waals surface area contributed by atoms with E-state index >= 15 is 0 Å². The molecule has 1 aromatic carbocycles. The van der Waals surface area contributed by atoms with Crippen LogP contribution in [0.3, 0.4) is 0 Å². The summed E-state index contributed by atoms with van der Waals surface area (Å²) in [7, 11) is 0. The second-order valence-corrected chi connectivity index (χ2v) is 4.58. The maximum Gasteiger partial charge on any atom is 0.257 e. The predicted octanol–water partition coefficient (Wildman–Crippen LogP) is 2.70. The maximum absolute atomic E-state index is 12.2. The Kier molecular flexibility index (Phi) is 4.20. The summed E-state index contributed by atoms with van der Waals surface area (Å²) in [4.78, 5) is 16.1. The Morgan fingerprint density at radius 1 is 1.30 bits per heavy atom. The van der Waals surface area contributed by atoms with Crippen LogP contribution in [-0.2, 0) is 0 Å². The Bertz CT molecular complexity index is 612. The van der Waals surface area contributed by atoms with Crippen molar-refractivity contribution in [3.05, 3.63) is 48.3 Å². The van der Waals surface area contributed by atoms with Crippen molar-refractivity contribution >= 4 is 17.3 Å². The molecule has 0 atom stereocenters. The molecule has 1 aromatic heterocycles. The van der Waals surface area contributed by atoms with E-state index in [9.17, 15) is 4.79 Å². The molecule has 2 aromatic rings. The standard InChI is InChI=1S/C15H17N3O2/c1-10(2)20-14-6-4-3-5-13(14)18-15(19)11-7-8-17-9-12(11)16/h3-10H,16H2,1-2H3,(H,18,19). The fraction of sp³-hybridized carbons (Fsp3) is 0.200. The molecule has 0 aliphatic heterocycles. The normalized spacial score (nSPS) is 10.3. The number of para-hydroxylation sites is 2. The summed E-state index contributed by atoms with van der Waals surface area (Å²) in [5.41, 5.74) is 7.08. The number of carbonyl (C=O) groups excluding carboxylic acids is 1. The number of nitrogen functional groups attached to an aromatic ring is 1. The van der Waals surface area contributed by atoms with Gasteiger partial charge in [-0.1, -0.05) is 12.1 Å². The van der Waals surface area contributed by atoms with Gasteiger partial charge in [-0.2, -0.15) is 0 Å². The van der Waals surface area contributed by atoms with Gasteiger partial charge in [0, 0.05) is 6.20 Å². The van der Waals surface area contributed by atoms with Crippen molar-refractivity contribution < 1.29 is 9.53 Å². The van der Waals surface area contributed by atoms with Gasteiger partial charge in [0.25, 0.3) is 5.91 Å². The molecule has 104 valence electrons. The smallest absolute Gasteiger partial charge is 0.257 e. The summed E-state index contributed by atoms with van der Waals surface area (Å²) < 4.78 is 5.65. The first-order valence-corrected chi connectivity index (χ1v) is 6.34. The van der Waals surface area contributed by atoms with Crippen molar-refractivity contribution in [3.63, 3.8) is 0 Å². The number of pyridine rings is 1. The Balaban J connectivity index is 2.22. The number of nitrogens with one attached hydrogen (secondary N) is 1. The quantitative estimate of drug-likeness (QED) is 0.896. The monoisotopic (exact) mass is 271 g/mol. The van der Waals surface area contributed by atoms with E-state index in [1.165, 1.54) is 12.4 Å². The maximum atomic E-state index is 12.2. The van der Waals surface area contributed by atoms with Gasteiger partial charge in [0.1, 0.15) is 5.75 Å². The van der Waals surface area contributed by atoms with Gasteiger partial charge < -0.3 is 15.8 Å².